The summed E-state index contributed by atoms with van der Waals surface area (Å²) in [6.07, 6.45) is 3.27. The monoisotopic (exact) mass is 338 g/mol. The van der Waals surface area contributed by atoms with Gasteiger partial charge in [-0.05, 0) is 58.4 Å². The van der Waals surface area contributed by atoms with Gasteiger partial charge >= 0.3 is 0 Å². The second-order valence-corrected chi connectivity index (χ2v) is 6.22. The zero-order chi connectivity index (χ0) is 13.8. The van der Waals surface area contributed by atoms with Gasteiger partial charge in [0.2, 0.25) is 0 Å². The Morgan fingerprint density at radius 3 is 2.79 bits per heavy atom. The van der Waals surface area contributed by atoms with Crippen LogP contribution in [0.15, 0.2) is 40.2 Å². The molecule has 2 aromatic rings. The molecule has 2 rings (SSSR count). The van der Waals surface area contributed by atoms with Crippen LogP contribution in [0, 0.1) is 0 Å². The van der Waals surface area contributed by atoms with Crippen LogP contribution < -0.4 is 4.74 Å². The zero-order valence-corrected chi connectivity index (χ0v) is 12.5. The number of thiophene rings is 1. The maximum Gasteiger partial charge on any atom is 0.186 e. The fraction of sp³-hybridized carbons (Fsp3) is 0.0714. The molecule has 5 heteroatoms. The molecule has 1 aromatic heterocycles. The van der Waals surface area contributed by atoms with Gasteiger partial charge in [0, 0.05) is 10.4 Å². The predicted molar refractivity (Wildman–Crippen MR) is 80.0 cm³/mol. The van der Waals surface area contributed by atoms with Crippen LogP contribution in [-0.4, -0.2) is 18.0 Å². The molecule has 0 aliphatic carbocycles. The fourth-order valence-corrected chi connectivity index (χ4v) is 2.83. The van der Waals surface area contributed by atoms with E-state index in [0.29, 0.717) is 5.56 Å². The predicted octanol–water partition coefficient (Wildman–Crippen LogP) is 4.12. The Hall–Kier alpha value is -1.59. The quantitative estimate of drug-likeness (QED) is 0.673. The molecule has 0 bridgehead atoms. The molecule has 0 aliphatic heterocycles. The molecule has 1 heterocycles. The van der Waals surface area contributed by atoms with E-state index in [9.17, 15) is 9.90 Å². The molecule has 0 amide bonds. The molecule has 1 N–H and O–H groups in total. The molecule has 0 radical (unpaired) electrons. The number of hydrogen-bond donors (Lipinski definition) is 1. The highest BCUT2D eigenvalue weighted by molar-refractivity contribution is 9.11. The van der Waals surface area contributed by atoms with Crippen molar-refractivity contribution in [2.45, 2.75) is 0 Å². The van der Waals surface area contributed by atoms with Crippen molar-refractivity contribution in [3.63, 3.8) is 0 Å². The number of ketones is 1. The average Bonchev–Trinajstić information content (AvgIpc) is 2.82. The minimum atomic E-state index is -0.136. The lowest BCUT2D eigenvalue weighted by Crippen LogP contribution is -1.95. The van der Waals surface area contributed by atoms with E-state index in [2.05, 4.69) is 15.9 Å². The van der Waals surface area contributed by atoms with Gasteiger partial charge in [0.05, 0.1) is 10.9 Å². The first kappa shape index (κ1) is 13.8. The van der Waals surface area contributed by atoms with Crippen LogP contribution in [0.3, 0.4) is 0 Å². The highest BCUT2D eigenvalue weighted by Gasteiger charge is 2.07. The molecular weight excluding hydrogens is 328 g/mol. The van der Waals surface area contributed by atoms with Gasteiger partial charge in [-0.15, -0.1) is 11.3 Å². The van der Waals surface area contributed by atoms with Crippen molar-refractivity contribution >= 4 is 39.1 Å². The van der Waals surface area contributed by atoms with Crippen LogP contribution in [0.25, 0.3) is 6.08 Å². The first-order valence-electron chi connectivity index (χ1n) is 5.45. The summed E-state index contributed by atoms with van der Waals surface area (Å²) in [4.78, 5) is 13.0. The lowest BCUT2D eigenvalue weighted by molar-refractivity contribution is 0.104. The number of halogens is 1. The van der Waals surface area contributed by atoms with Crippen LogP contribution in [0.5, 0.6) is 11.5 Å². The van der Waals surface area contributed by atoms with E-state index in [-0.39, 0.29) is 17.3 Å². The Labute approximate surface area is 123 Å². The van der Waals surface area contributed by atoms with E-state index < -0.39 is 0 Å². The van der Waals surface area contributed by atoms with Crippen molar-refractivity contribution in [3.05, 3.63) is 50.6 Å². The lowest BCUT2D eigenvalue weighted by Gasteiger charge is -2.04. The minimum absolute atomic E-state index is 0.0187. The van der Waals surface area contributed by atoms with Crippen molar-refractivity contribution in [2.24, 2.45) is 0 Å². The van der Waals surface area contributed by atoms with E-state index in [1.54, 1.807) is 23.5 Å². The van der Waals surface area contributed by atoms with E-state index in [4.69, 9.17) is 4.74 Å². The van der Waals surface area contributed by atoms with E-state index >= 15 is 0 Å². The summed E-state index contributed by atoms with van der Waals surface area (Å²) in [5.41, 5.74) is 0.474. The van der Waals surface area contributed by atoms with Gasteiger partial charge in [-0.3, -0.25) is 4.79 Å². The van der Waals surface area contributed by atoms with Crippen molar-refractivity contribution in [2.75, 3.05) is 7.11 Å². The van der Waals surface area contributed by atoms with Gasteiger partial charge in [-0.25, -0.2) is 0 Å². The van der Waals surface area contributed by atoms with Gasteiger partial charge in [0.25, 0.3) is 0 Å². The first-order valence-corrected chi connectivity index (χ1v) is 7.06. The number of allylic oxidation sites excluding steroid dienone is 1. The number of phenols is 1. The van der Waals surface area contributed by atoms with Crippen molar-refractivity contribution in [1.82, 2.24) is 0 Å². The standard InChI is InChI=1S/C14H11BrO3S/c1-18-13-8-9(2-5-12(13)17)11(16)6-3-10-4-7-14(15)19-10/h2-8,17H,1H3/b6-3+. The summed E-state index contributed by atoms with van der Waals surface area (Å²) in [5, 5.41) is 9.47. The molecule has 0 fully saturated rings. The summed E-state index contributed by atoms with van der Waals surface area (Å²) in [6.45, 7) is 0. The van der Waals surface area contributed by atoms with Crippen molar-refractivity contribution < 1.29 is 14.6 Å². The summed E-state index contributed by atoms with van der Waals surface area (Å²) in [6, 6.07) is 8.39. The number of ether oxygens (including phenoxy) is 1. The third-order valence-corrected chi connectivity index (χ3v) is 4.05. The molecule has 0 aliphatic rings. The molecule has 0 saturated heterocycles. The molecule has 3 nitrogen and oxygen atoms in total. The number of benzene rings is 1. The van der Waals surface area contributed by atoms with E-state index in [1.807, 2.05) is 12.1 Å². The normalized spacial score (nSPS) is 10.8. The maximum absolute atomic E-state index is 12.0. The van der Waals surface area contributed by atoms with Crippen LogP contribution >= 0.6 is 27.3 Å². The number of rotatable bonds is 4. The third kappa shape index (κ3) is 3.45. The fourth-order valence-electron chi connectivity index (χ4n) is 1.50. The van der Waals surface area contributed by atoms with Crippen molar-refractivity contribution in [3.8, 4) is 11.5 Å². The Bertz CT molecular complexity index is 631. The van der Waals surface area contributed by atoms with Gasteiger partial charge in [0.1, 0.15) is 0 Å². The largest absolute Gasteiger partial charge is 0.504 e. The SMILES string of the molecule is COc1cc(C(=O)/C=C/c2ccc(Br)s2)ccc1O. The van der Waals surface area contributed by atoms with E-state index in [0.717, 1.165) is 8.66 Å². The number of aromatic hydroxyl groups is 1. The average molecular weight is 339 g/mol. The van der Waals surface area contributed by atoms with Gasteiger partial charge in [-0.2, -0.15) is 0 Å². The smallest absolute Gasteiger partial charge is 0.186 e. The molecule has 98 valence electrons. The molecule has 0 spiro atoms. The highest BCUT2D eigenvalue weighted by atomic mass is 79.9. The van der Waals surface area contributed by atoms with Gasteiger partial charge < -0.3 is 9.84 Å². The minimum Gasteiger partial charge on any atom is -0.504 e. The molecule has 1 aromatic carbocycles. The number of hydrogen-bond acceptors (Lipinski definition) is 4. The van der Waals surface area contributed by atoms with Gasteiger partial charge in [-0.1, -0.05) is 0 Å². The van der Waals surface area contributed by atoms with Crippen molar-refractivity contribution in [1.29, 1.82) is 0 Å². The summed E-state index contributed by atoms with van der Waals surface area (Å²) in [5.74, 6) is 0.172. The zero-order valence-electron chi connectivity index (χ0n) is 10.1. The summed E-state index contributed by atoms with van der Waals surface area (Å²) in [7, 11) is 1.45. The second-order valence-electron chi connectivity index (χ2n) is 3.73. The van der Waals surface area contributed by atoms with Crippen LogP contribution in [0.4, 0.5) is 0 Å². The molecule has 0 atom stereocenters. The van der Waals surface area contributed by atoms with Crippen LogP contribution in [-0.2, 0) is 0 Å². The first-order chi connectivity index (χ1) is 9.10. The Morgan fingerprint density at radius 2 is 2.16 bits per heavy atom. The number of methoxy groups -OCH3 is 1. The third-order valence-electron chi connectivity index (χ3n) is 2.46. The highest BCUT2D eigenvalue weighted by Crippen LogP contribution is 2.27. The van der Waals surface area contributed by atoms with E-state index in [1.165, 1.54) is 25.3 Å². The number of carbonyl (C=O) groups is 1. The number of carbonyl (C=O) groups excluding carboxylic acids is 1. The summed E-state index contributed by atoms with van der Waals surface area (Å²) < 4.78 is 5.99. The maximum atomic E-state index is 12.0. The Balaban J connectivity index is 2.18. The van der Waals surface area contributed by atoms with Gasteiger partial charge in [0.15, 0.2) is 17.3 Å². The molecular formula is C14H11BrO3S. The Morgan fingerprint density at radius 1 is 1.37 bits per heavy atom. The number of phenolic OH excluding ortho intramolecular Hbond substituents is 1. The molecule has 0 unspecified atom stereocenters. The summed E-state index contributed by atoms with van der Waals surface area (Å²) >= 11 is 4.91. The second kappa shape index (κ2) is 6.04. The topological polar surface area (TPSA) is 46.5 Å². The lowest BCUT2D eigenvalue weighted by atomic mass is 10.1. The molecule has 19 heavy (non-hydrogen) atoms. The van der Waals surface area contributed by atoms with Crippen LogP contribution in [0.1, 0.15) is 15.2 Å². The van der Waals surface area contributed by atoms with Crippen LogP contribution in [0.2, 0.25) is 0 Å². The molecule has 0 saturated carbocycles. The Kier molecular flexibility index (Phi) is 4.39.